The van der Waals surface area contributed by atoms with Gasteiger partial charge in [0.05, 0.1) is 12.6 Å². The summed E-state index contributed by atoms with van der Waals surface area (Å²) < 4.78 is 6.94. The van der Waals surface area contributed by atoms with Crippen LogP contribution in [0.25, 0.3) is 27.9 Å². The lowest BCUT2D eigenvalue weighted by Gasteiger charge is -2.30. The quantitative estimate of drug-likeness (QED) is 0.500. The highest BCUT2D eigenvalue weighted by molar-refractivity contribution is 5.93. The Hall–Kier alpha value is -3.72. The SMILES string of the molecule is COc1ccc(-c2nc3c4ccccc4nc(N[C@H](C)C(=O)N4CCNCC4)n3n2)cc1. The number of aromatic nitrogens is 4. The number of amides is 1. The molecule has 9 nitrogen and oxygen atoms in total. The molecule has 0 radical (unpaired) electrons. The van der Waals surface area contributed by atoms with E-state index >= 15 is 0 Å². The van der Waals surface area contributed by atoms with Crippen molar-refractivity contribution in [2.45, 2.75) is 13.0 Å². The van der Waals surface area contributed by atoms with Crippen molar-refractivity contribution >= 4 is 28.4 Å². The van der Waals surface area contributed by atoms with Crippen LogP contribution < -0.4 is 15.4 Å². The molecule has 164 valence electrons. The average molecular weight is 432 g/mol. The third kappa shape index (κ3) is 3.71. The van der Waals surface area contributed by atoms with E-state index in [4.69, 9.17) is 19.8 Å². The van der Waals surface area contributed by atoms with Crippen LogP contribution in [0.4, 0.5) is 5.95 Å². The summed E-state index contributed by atoms with van der Waals surface area (Å²) >= 11 is 0. The van der Waals surface area contributed by atoms with E-state index in [0.717, 1.165) is 35.3 Å². The van der Waals surface area contributed by atoms with E-state index < -0.39 is 6.04 Å². The average Bonchev–Trinajstić information content (AvgIpc) is 3.30. The van der Waals surface area contributed by atoms with Crippen LogP contribution in [0.2, 0.25) is 0 Å². The molecule has 0 spiro atoms. The highest BCUT2D eigenvalue weighted by atomic mass is 16.5. The normalized spacial score (nSPS) is 15.1. The van der Waals surface area contributed by atoms with Gasteiger partial charge < -0.3 is 20.3 Å². The Bertz CT molecular complexity index is 1260. The van der Waals surface area contributed by atoms with Gasteiger partial charge in [-0.2, -0.15) is 4.52 Å². The fourth-order valence-corrected chi connectivity index (χ4v) is 3.93. The number of hydrogen-bond donors (Lipinski definition) is 2. The highest BCUT2D eigenvalue weighted by Gasteiger charge is 2.24. The van der Waals surface area contributed by atoms with E-state index in [0.29, 0.717) is 30.5 Å². The zero-order chi connectivity index (χ0) is 22.1. The van der Waals surface area contributed by atoms with E-state index in [1.807, 2.05) is 60.4 Å². The number of rotatable bonds is 5. The van der Waals surface area contributed by atoms with Gasteiger partial charge in [-0.05, 0) is 43.3 Å². The van der Waals surface area contributed by atoms with Crippen molar-refractivity contribution in [2.75, 3.05) is 38.6 Å². The van der Waals surface area contributed by atoms with Crippen molar-refractivity contribution in [1.29, 1.82) is 0 Å². The number of nitrogens with zero attached hydrogens (tertiary/aromatic N) is 5. The zero-order valence-electron chi connectivity index (χ0n) is 18.1. The number of para-hydroxylation sites is 1. The molecule has 1 saturated heterocycles. The molecule has 2 aromatic carbocycles. The van der Waals surface area contributed by atoms with Gasteiger partial charge in [0, 0.05) is 37.1 Å². The summed E-state index contributed by atoms with van der Waals surface area (Å²) in [4.78, 5) is 24.4. The molecule has 0 unspecified atom stereocenters. The van der Waals surface area contributed by atoms with Gasteiger partial charge in [0.15, 0.2) is 11.5 Å². The zero-order valence-corrected chi connectivity index (χ0v) is 18.1. The highest BCUT2D eigenvalue weighted by Crippen LogP contribution is 2.25. The predicted molar refractivity (Wildman–Crippen MR) is 123 cm³/mol. The van der Waals surface area contributed by atoms with Crippen molar-refractivity contribution in [1.82, 2.24) is 29.8 Å². The number of ether oxygens (including phenoxy) is 1. The van der Waals surface area contributed by atoms with Crippen LogP contribution in [0.3, 0.4) is 0 Å². The summed E-state index contributed by atoms with van der Waals surface area (Å²) in [7, 11) is 1.64. The van der Waals surface area contributed by atoms with E-state index in [-0.39, 0.29) is 5.91 Å². The molecular weight excluding hydrogens is 406 g/mol. The number of carbonyl (C=O) groups excluding carboxylic acids is 1. The Kier molecular flexibility index (Phi) is 5.32. The molecular formula is C23H25N7O2. The summed E-state index contributed by atoms with van der Waals surface area (Å²) in [6, 6.07) is 15.0. The van der Waals surface area contributed by atoms with E-state index in [1.54, 1.807) is 11.6 Å². The molecule has 32 heavy (non-hydrogen) atoms. The molecule has 0 bridgehead atoms. The minimum Gasteiger partial charge on any atom is -0.497 e. The van der Waals surface area contributed by atoms with Gasteiger partial charge in [-0.3, -0.25) is 4.79 Å². The maximum atomic E-state index is 12.9. The molecule has 1 aliphatic heterocycles. The Morgan fingerprint density at radius 3 is 2.59 bits per heavy atom. The maximum absolute atomic E-state index is 12.9. The Morgan fingerprint density at radius 1 is 1.09 bits per heavy atom. The van der Waals surface area contributed by atoms with Crippen LogP contribution in [0, 0.1) is 0 Å². The number of anilines is 1. The van der Waals surface area contributed by atoms with Crippen molar-refractivity contribution < 1.29 is 9.53 Å². The Morgan fingerprint density at radius 2 is 1.84 bits per heavy atom. The summed E-state index contributed by atoms with van der Waals surface area (Å²) in [5.41, 5.74) is 2.35. The molecule has 9 heteroatoms. The summed E-state index contributed by atoms with van der Waals surface area (Å²) in [5.74, 6) is 1.88. The first-order valence-electron chi connectivity index (χ1n) is 10.7. The number of piperazine rings is 1. The van der Waals surface area contributed by atoms with Crippen LogP contribution in [-0.2, 0) is 4.79 Å². The topological polar surface area (TPSA) is 96.7 Å². The van der Waals surface area contributed by atoms with Gasteiger partial charge in [0.2, 0.25) is 11.9 Å². The number of carbonyl (C=O) groups is 1. The molecule has 1 aliphatic rings. The third-order valence-corrected chi connectivity index (χ3v) is 5.67. The summed E-state index contributed by atoms with van der Waals surface area (Å²) in [6.07, 6.45) is 0. The van der Waals surface area contributed by atoms with Gasteiger partial charge >= 0.3 is 0 Å². The molecule has 1 fully saturated rings. The molecule has 1 amide bonds. The first-order chi connectivity index (χ1) is 15.6. The van der Waals surface area contributed by atoms with Gasteiger partial charge in [-0.25, -0.2) is 9.97 Å². The van der Waals surface area contributed by atoms with Crippen LogP contribution >= 0.6 is 0 Å². The minimum absolute atomic E-state index is 0.0464. The van der Waals surface area contributed by atoms with Gasteiger partial charge in [-0.15, -0.1) is 5.10 Å². The summed E-state index contributed by atoms with van der Waals surface area (Å²) in [5, 5.41) is 12.2. The van der Waals surface area contributed by atoms with E-state index in [1.165, 1.54) is 0 Å². The van der Waals surface area contributed by atoms with Gasteiger partial charge in [0.25, 0.3) is 0 Å². The predicted octanol–water partition coefficient (Wildman–Crippen LogP) is 2.19. The Balaban J connectivity index is 1.54. The first kappa shape index (κ1) is 20.2. The maximum Gasteiger partial charge on any atom is 0.244 e. The monoisotopic (exact) mass is 431 g/mol. The molecule has 4 aromatic rings. The molecule has 0 saturated carbocycles. The van der Waals surface area contributed by atoms with Crippen molar-refractivity contribution in [3.63, 3.8) is 0 Å². The fourth-order valence-electron chi connectivity index (χ4n) is 3.93. The smallest absolute Gasteiger partial charge is 0.244 e. The second-order valence-electron chi connectivity index (χ2n) is 7.79. The lowest BCUT2D eigenvalue weighted by Crippen LogP contribution is -2.50. The second-order valence-corrected chi connectivity index (χ2v) is 7.79. The lowest BCUT2D eigenvalue weighted by molar-refractivity contribution is -0.132. The summed E-state index contributed by atoms with van der Waals surface area (Å²) in [6.45, 7) is 4.89. The van der Waals surface area contributed by atoms with Crippen LogP contribution in [0.1, 0.15) is 6.92 Å². The minimum atomic E-state index is -0.446. The largest absolute Gasteiger partial charge is 0.497 e. The van der Waals surface area contributed by atoms with Crippen LogP contribution in [-0.4, -0.2) is 69.7 Å². The number of fused-ring (bicyclic) bond motifs is 3. The Labute approximate surface area is 185 Å². The van der Waals surface area contributed by atoms with Crippen LogP contribution in [0.5, 0.6) is 5.75 Å². The number of hydrogen-bond acceptors (Lipinski definition) is 7. The standard InChI is InChI=1S/C23H25N7O2/c1-15(22(31)29-13-11-24-12-14-29)25-23-26-19-6-4-3-5-18(19)21-27-20(28-30(21)23)16-7-9-17(32-2)10-8-16/h3-10,15,24H,11-14H2,1-2H3,(H,25,26)/t15-/m1/s1. The van der Waals surface area contributed by atoms with Gasteiger partial charge in [0.1, 0.15) is 11.8 Å². The van der Waals surface area contributed by atoms with Crippen molar-refractivity contribution in [3.05, 3.63) is 48.5 Å². The lowest BCUT2D eigenvalue weighted by atomic mass is 10.2. The van der Waals surface area contributed by atoms with E-state index in [2.05, 4.69) is 10.6 Å². The molecule has 5 rings (SSSR count). The second kappa shape index (κ2) is 8.43. The molecule has 0 aliphatic carbocycles. The third-order valence-electron chi connectivity index (χ3n) is 5.67. The molecule has 3 heterocycles. The number of benzene rings is 2. The van der Waals surface area contributed by atoms with Crippen molar-refractivity contribution in [2.24, 2.45) is 0 Å². The van der Waals surface area contributed by atoms with E-state index in [9.17, 15) is 4.79 Å². The first-order valence-corrected chi connectivity index (χ1v) is 10.7. The fraction of sp³-hybridized carbons (Fsp3) is 0.304. The van der Waals surface area contributed by atoms with Crippen molar-refractivity contribution in [3.8, 4) is 17.1 Å². The van der Waals surface area contributed by atoms with Gasteiger partial charge in [-0.1, -0.05) is 12.1 Å². The molecule has 2 N–H and O–H groups in total. The number of methoxy groups -OCH3 is 1. The van der Waals surface area contributed by atoms with Crippen LogP contribution in [0.15, 0.2) is 48.5 Å². The molecule has 1 atom stereocenters. The molecule has 2 aromatic heterocycles. The number of nitrogens with one attached hydrogen (secondary N) is 2.